The Balaban J connectivity index is 1.42. The van der Waals surface area contributed by atoms with Gasteiger partial charge in [0.15, 0.2) is 5.65 Å². The quantitative estimate of drug-likeness (QED) is 0.308. The SMILES string of the molecule is [B]c1cnn2c(NCc3ccc(C(=O)NCCC(CCC)N(C)C)cc3)cc(-c3ccccc3F)nc12. The summed E-state index contributed by atoms with van der Waals surface area (Å²) in [5.41, 5.74) is 3.30. The number of halogens is 1. The second-order valence-electron chi connectivity index (χ2n) is 9.34. The lowest BCUT2D eigenvalue weighted by molar-refractivity contribution is 0.0949. The lowest BCUT2D eigenvalue weighted by atomic mass is 10.0. The van der Waals surface area contributed by atoms with Crippen LogP contribution in [0, 0.1) is 5.82 Å². The predicted octanol–water partition coefficient (Wildman–Crippen LogP) is 3.79. The fourth-order valence-corrected chi connectivity index (χ4v) is 4.33. The third-order valence-corrected chi connectivity index (χ3v) is 6.45. The molecule has 2 radical (unpaired) electrons. The smallest absolute Gasteiger partial charge is 0.251 e. The Hall–Kier alpha value is -3.72. The molecular weight excluding hydrogens is 466 g/mol. The Kier molecular flexibility index (Phi) is 8.56. The maximum atomic E-state index is 14.4. The van der Waals surface area contributed by atoms with Crippen LogP contribution in [0.25, 0.3) is 16.9 Å². The summed E-state index contributed by atoms with van der Waals surface area (Å²) < 4.78 is 16.0. The monoisotopic (exact) mass is 498 g/mol. The van der Waals surface area contributed by atoms with E-state index in [4.69, 9.17) is 7.85 Å². The first-order valence-corrected chi connectivity index (χ1v) is 12.5. The molecule has 0 saturated heterocycles. The van der Waals surface area contributed by atoms with Gasteiger partial charge in [0.05, 0.1) is 5.69 Å². The molecule has 2 heterocycles. The summed E-state index contributed by atoms with van der Waals surface area (Å²) in [6.07, 6.45) is 4.67. The molecule has 0 aliphatic rings. The van der Waals surface area contributed by atoms with Crippen molar-refractivity contribution in [1.82, 2.24) is 24.8 Å². The second-order valence-corrected chi connectivity index (χ2v) is 9.34. The minimum atomic E-state index is -0.361. The van der Waals surface area contributed by atoms with Gasteiger partial charge in [0.1, 0.15) is 19.5 Å². The Morgan fingerprint density at radius 1 is 1.14 bits per heavy atom. The third kappa shape index (κ3) is 6.35. The standard InChI is InChI=1S/C28H32BFN6O/c1-4-7-21(35(2)3)14-15-31-28(37)20-12-10-19(11-13-20)17-32-26-16-25(22-8-5-6-9-24(22)30)34-27-23(29)18-33-36(26)27/h5-6,8-13,16,18,21,32H,4,7,14-15,17H2,1-3H3,(H,31,37). The number of nitrogens with one attached hydrogen (secondary N) is 2. The number of hydrogen-bond acceptors (Lipinski definition) is 5. The van der Waals surface area contributed by atoms with Gasteiger partial charge in [0.25, 0.3) is 5.91 Å². The highest BCUT2D eigenvalue weighted by Gasteiger charge is 2.14. The zero-order valence-electron chi connectivity index (χ0n) is 21.5. The molecule has 2 aromatic heterocycles. The van der Waals surface area contributed by atoms with Crippen molar-refractivity contribution in [2.45, 2.75) is 38.8 Å². The number of nitrogens with zero attached hydrogens (tertiary/aromatic N) is 4. The van der Waals surface area contributed by atoms with Crippen LogP contribution in [0.2, 0.25) is 0 Å². The highest BCUT2D eigenvalue weighted by Crippen LogP contribution is 2.24. The lowest BCUT2D eigenvalue weighted by Crippen LogP contribution is -2.33. The summed E-state index contributed by atoms with van der Waals surface area (Å²) in [6, 6.07) is 16.2. The van der Waals surface area contributed by atoms with Crippen LogP contribution in [-0.2, 0) is 6.54 Å². The number of carbonyl (C=O) groups is 1. The average molecular weight is 498 g/mol. The molecule has 0 bridgehead atoms. The Morgan fingerprint density at radius 3 is 2.59 bits per heavy atom. The van der Waals surface area contributed by atoms with Crippen molar-refractivity contribution in [3.05, 3.63) is 77.7 Å². The zero-order valence-corrected chi connectivity index (χ0v) is 21.5. The van der Waals surface area contributed by atoms with E-state index < -0.39 is 0 Å². The highest BCUT2D eigenvalue weighted by molar-refractivity contribution is 6.36. The van der Waals surface area contributed by atoms with Crippen LogP contribution in [-0.4, -0.2) is 59.9 Å². The molecule has 37 heavy (non-hydrogen) atoms. The zero-order chi connectivity index (χ0) is 26.4. The van der Waals surface area contributed by atoms with E-state index in [1.54, 1.807) is 28.8 Å². The summed E-state index contributed by atoms with van der Waals surface area (Å²) in [7, 11) is 10.2. The molecule has 7 nitrogen and oxygen atoms in total. The number of benzene rings is 2. The molecule has 0 aliphatic heterocycles. The normalized spacial score (nSPS) is 12.1. The van der Waals surface area contributed by atoms with E-state index >= 15 is 0 Å². The van der Waals surface area contributed by atoms with E-state index in [0.717, 1.165) is 24.8 Å². The highest BCUT2D eigenvalue weighted by atomic mass is 19.1. The summed E-state index contributed by atoms with van der Waals surface area (Å²) in [5.74, 6) is 0.190. The fourth-order valence-electron chi connectivity index (χ4n) is 4.33. The number of fused-ring (bicyclic) bond motifs is 1. The molecule has 0 spiro atoms. The van der Waals surface area contributed by atoms with Crippen LogP contribution in [0.3, 0.4) is 0 Å². The number of amides is 1. The number of aromatic nitrogens is 3. The van der Waals surface area contributed by atoms with Crippen molar-refractivity contribution in [3.8, 4) is 11.3 Å². The molecule has 0 fully saturated rings. The number of anilines is 1. The number of hydrogen-bond donors (Lipinski definition) is 2. The Bertz CT molecular complexity index is 1350. The van der Waals surface area contributed by atoms with Gasteiger partial charge in [-0.1, -0.05) is 37.6 Å². The first kappa shape index (κ1) is 26.4. The van der Waals surface area contributed by atoms with E-state index in [0.29, 0.717) is 52.9 Å². The van der Waals surface area contributed by atoms with E-state index in [2.05, 4.69) is 46.6 Å². The van der Waals surface area contributed by atoms with Gasteiger partial charge in [-0.25, -0.2) is 9.37 Å². The molecule has 190 valence electrons. The second kappa shape index (κ2) is 12.0. The summed E-state index contributed by atoms with van der Waals surface area (Å²) in [5, 5.41) is 10.7. The van der Waals surface area contributed by atoms with Crippen LogP contribution >= 0.6 is 0 Å². The molecular formula is C28H32BFN6O. The topological polar surface area (TPSA) is 74.6 Å². The molecule has 9 heteroatoms. The van der Waals surface area contributed by atoms with Gasteiger partial charge in [-0.05, 0) is 62.2 Å². The van der Waals surface area contributed by atoms with Crippen LogP contribution < -0.4 is 16.1 Å². The van der Waals surface area contributed by atoms with E-state index in [1.807, 2.05) is 24.3 Å². The molecule has 4 rings (SSSR count). The first-order chi connectivity index (χ1) is 17.9. The molecule has 1 atom stereocenters. The number of rotatable bonds is 11. The molecule has 2 aromatic carbocycles. The fraction of sp³-hybridized carbons (Fsp3) is 0.321. The predicted molar refractivity (Wildman–Crippen MR) is 147 cm³/mol. The van der Waals surface area contributed by atoms with Crippen LogP contribution in [0.15, 0.2) is 60.8 Å². The molecule has 2 N–H and O–H groups in total. The largest absolute Gasteiger partial charge is 0.366 e. The number of carbonyl (C=O) groups excluding carboxylic acids is 1. The molecule has 0 saturated carbocycles. The van der Waals surface area contributed by atoms with Gasteiger partial charge >= 0.3 is 0 Å². The van der Waals surface area contributed by atoms with E-state index in [9.17, 15) is 9.18 Å². The van der Waals surface area contributed by atoms with Gasteiger partial charge in [-0.3, -0.25) is 4.79 Å². The van der Waals surface area contributed by atoms with Gasteiger partial charge in [0.2, 0.25) is 0 Å². The van der Waals surface area contributed by atoms with Crippen molar-refractivity contribution in [2.75, 3.05) is 26.0 Å². The van der Waals surface area contributed by atoms with Crippen molar-refractivity contribution in [3.63, 3.8) is 0 Å². The maximum absolute atomic E-state index is 14.4. The van der Waals surface area contributed by atoms with E-state index in [1.165, 1.54) is 12.3 Å². The molecule has 0 aliphatic carbocycles. The van der Waals surface area contributed by atoms with Crippen LogP contribution in [0.5, 0.6) is 0 Å². The molecule has 4 aromatic rings. The Morgan fingerprint density at radius 2 is 1.89 bits per heavy atom. The summed E-state index contributed by atoms with van der Waals surface area (Å²) in [6.45, 7) is 3.29. The van der Waals surface area contributed by atoms with Crippen molar-refractivity contribution >= 4 is 30.7 Å². The Labute approximate surface area is 218 Å². The summed E-state index contributed by atoms with van der Waals surface area (Å²) in [4.78, 5) is 19.3. The van der Waals surface area contributed by atoms with Gasteiger partial charge < -0.3 is 15.5 Å². The molecule has 1 amide bonds. The van der Waals surface area contributed by atoms with Gasteiger partial charge in [-0.2, -0.15) is 9.61 Å². The maximum Gasteiger partial charge on any atom is 0.251 e. The van der Waals surface area contributed by atoms with Crippen molar-refractivity contribution < 1.29 is 9.18 Å². The van der Waals surface area contributed by atoms with Crippen molar-refractivity contribution in [1.29, 1.82) is 0 Å². The van der Waals surface area contributed by atoms with Gasteiger partial charge in [0, 0.05) is 42.5 Å². The lowest BCUT2D eigenvalue weighted by Gasteiger charge is -2.23. The van der Waals surface area contributed by atoms with Crippen molar-refractivity contribution in [2.24, 2.45) is 0 Å². The average Bonchev–Trinajstić information content (AvgIpc) is 3.27. The van der Waals surface area contributed by atoms with Crippen LogP contribution in [0.1, 0.15) is 42.1 Å². The first-order valence-electron chi connectivity index (χ1n) is 12.5. The minimum absolute atomic E-state index is 0.0779. The van der Waals surface area contributed by atoms with Gasteiger partial charge in [-0.15, -0.1) is 0 Å². The minimum Gasteiger partial charge on any atom is -0.366 e. The van der Waals surface area contributed by atoms with E-state index in [-0.39, 0.29) is 11.7 Å². The van der Waals surface area contributed by atoms with Crippen LogP contribution in [0.4, 0.5) is 10.2 Å². The molecule has 1 unspecified atom stereocenters. The summed E-state index contributed by atoms with van der Waals surface area (Å²) >= 11 is 0. The third-order valence-electron chi connectivity index (χ3n) is 6.45.